The minimum absolute atomic E-state index is 0.110. The summed E-state index contributed by atoms with van der Waals surface area (Å²) in [7, 11) is 0. The van der Waals surface area contributed by atoms with Gasteiger partial charge >= 0.3 is 6.18 Å². The standard InChI is InChI=1S/C9H8Cl2F3NO/c10-5-1-4(9(12,13)14)2-6(11)8(5)7(15)3-16/h1-2,7,16H,3,15H2/t7-/m0/s1. The van der Waals surface area contributed by atoms with E-state index in [2.05, 4.69) is 0 Å². The van der Waals surface area contributed by atoms with Gasteiger partial charge in [-0.25, -0.2) is 0 Å². The van der Waals surface area contributed by atoms with E-state index in [1.54, 1.807) is 0 Å². The molecule has 1 aromatic carbocycles. The predicted molar refractivity (Wildman–Crippen MR) is 55.5 cm³/mol. The molecule has 0 bridgehead atoms. The van der Waals surface area contributed by atoms with Crippen LogP contribution in [0.15, 0.2) is 12.1 Å². The molecule has 7 heteroatoms. The molecule has 0 aliphatic rings. The number of hydrogen-bond acceptors (Lipinski definition) is 2. The van der Waals surface area contributed by atoms with Crippen molar-refractivity contribution in [1.29, 1.82) is 0 Å². The van der Waals surface area contributed by atoms with E-state index in [4.69, 9.17) is 34.0 Å². The third kappa shape index (κ3) is 2.79. The Kier molecular flexibility index (Phi) is 4.07. The molecular weight excluding hydrogens is 266 g/mol. The summed E-state index contributed by atoms with van der Waals surface area (Å²) in [6.07, 6.45) is -4.52. The lowest BCUT2D eigenvalue weighted by Gasteiger charge is -2.15. The highest BCUT2D eigenvalue weighted by molar-refractivity contribution is 6.36. The molecule has 0 aliphatic heterocycles. The maximum absolute atomic E-state index is 12.4. The molecule has 0 aromatic heterocycles. The molecule has 0 spiro atoms. The third-order valence-electron chi connectivity index (χ3n) is 1.97. The Morgan fingerprint density at radius 2 is 1.69 bits per heavy atom. The quantitative estimate of drug-likeness (QED) is 0.870. The maximum atomic E-state index is 12.4. The second kappa shape index (κ2) is 4.79. The van der Waals surface area contributed by atoms with Gasteiger partial charge in [0, 0.05) is 15.6 Å². The van der Waals surface area contributed by atoms with Crippen LogP contribution in [-0.2, 0) is 6.18 Å². The van der Waals surface area contributed by atoms with E-state index in [1.165, 1.54) is 0 Å². The van der Waals surface area contributed by atoms with Crippen molar-refractivity contribution in [2.45, 2.75) is 12.2 Å². The maximum Gasteiger partial charge on any atom is 0.416 e. The summed E-state index contributed by atoms with van der Waals surface area (Å²) in [5.41, 5.74) is 4.62. The van der Waals surface area contributed by atoms with Crippen molar-refractivity contribution in [3.05, 3.63) is 33.3 Å². The number of nitrogens with two attached hydrogens (primary N) is 1. The highest BCUT2D eigenvalue weighted by Gasteiger charge is 2.32. The molecule has 90 valence electrons. The molecule has 0 saturated heterocycles. The minimum atomic E-state index is -4.52. The number of rotatable bonds is 2. The van der Waals surface area contributed by atoms with E-state index in [-0.39, 0.29) is 15.6 Å². The van der Waals surface area contributed by atoms with Crippen LogP contribution in [0, 0.1) is 0 Å². The first-order valence-corrected chi connectivity index (χ1v) is 4.95. The predicted octanol–water partition coefficient (Wildman–Crippen LogP) is 3.00. The van der Waals surface area contributed by atoms with Gasteiger partial charge in [0.25, 0.3) is 0 Å². The fourth-order valence-electron chi connectivity index (χ4n) is 1.19. The number of aliphatic hydroxyl groups excluding tert-OH is 1. The Labute approximate surface area is 99.8 Å². The third-order valence-corrected chi connectivity index (χ3v) is 2.60. The Hall–Kier alpha value is -0.490. The van der Waals surface area contributed by atoms with Gasteiger partial charge < -0.3 is 10.8 Å². The Bertz CT molecular complexity index is 372. The molecule has 3 N–H and O–H groups in total. The van der Waals surface area contributed by atoms with Crippen LogP contribution in [0.4, 0.5) is 13.2 Å². The van der Waals surface area contributed by atoms with E-state index in [0.717, 1.165) is 12.1 Å². The van der Waals surface area contributed by atoms with E-state index in [0.29, 0.717) is 0 Å². The van der Waals surface area contributed by atoms with Crippen LogP contribution in [0.3, 0.4) is 0 Å². The van der Waals surface area contributed by atoms with Crippen molar-refractivity contribution >= 4 is 23.2 Å². The van der Waals surface area contributed by atoms with Crippen LogP contribution in [0.5, 0.6) is 0 Å². The van der Waals surface area contributed by atoms with Crippen LogP contribution < -0.4 is 5.73 Å². The highest BCUT2D eigenvalue weighted by Crippen LogP contribution is 2.37. The van der Waals surface area contributed by atoms with E-state index >= 15 is 0 Å². The van der Waals surface area contributed by atoms with Crippen molar-refractivity contribution in [3.8, 4) is 0 Å². The molecule has 0 fully saturated rings. The number of hydrogen-bond donors (Lipinski definition) is 2. The summed E-state index contributed by atoms with van der Waals surface area (Å²) >= 11 is 11.3. The monoisotopic (exact) mass is 273 g/mol. The van der Waals surface area contributed by atoms with Gasteiger partial charge in [-0.15, -0.1) is 0 Å². The van der Waals surface area contributed by atoms with Crippen LogP contribution >= 0.6 is 23.2 Å². The Morgan fingerprint density at radius 3 is 2.00 bits per heavy atom. The van der Waals surface area contributed by atoms with E-state index < -0.39 is 24.4 Å². The lowest BCUT2D eigenvalue weighted by molar-refractivity contribution is -0.137. The largest absolute Gasteiger partial charge is 0.416 e. The summed E-state index contributed by atoms with van der Waals surface area (Å²) in [4.78, 5) is 0. The smallest absolute Gasteiger partial charge is 0.394 e. The number of alkyl halides is 3. The van der Waals surface area contributed by atoms with Crippen molar-refractivity contribution < 1.29 is 18.3 Å². The van der Waals surface area contributed by atoms with Crippen LogP contribution in [0.1, 0.15) is 17.2 Å². The fraction of sp³-hybridized carbons (Fsp3) is 0.333. The molecule has 1 rings (SSSR count). The summed E-state index contributed by atoms with van der Waals surface area (Å²) in [5.74, 6) is 0. The lowest BCUT2D eigenvalue weighted by atomic mass is 10.1. The number of aliphatic hydroxyl groups is 1. The second-order valence-corrected chi connectivity index (χ2v) is 3.95. The summed E-state index contributed by atoms with van der Waals surface area (Å²) in [6.45, 7) is -0.454. The van der Waals surface area contributed by atoms with Crippen molar-refractivity contribution in [2.24, 2.45) is 5.73 Å². The average molecular weight is 274 g/mol. The summed E-state index contributed by atoms with van der Waals surface area (Å²) in [5, 5.41) is 8.39. The topological polar surface area (TPSA) is 46.2 Å². The molecule has 0 unspecified atom stereocenters. The molecular formula is C9H8Cl2F3NO. The molecule has 0 heterocycles. The number of halogens is 5. The first-order valence-electron chi connectivity index (χ1n) is 4.20. The van der Waals surface area contributed by atoms with Crippen molar-refractivity contribution in [2.75, 3.05) is 6.61 Å². The molecule has 0 amide bonds. The van der Waals surface area contributed by atoms with Gasteiger partial charge in [0.2, 0.25) is 0 Å². The molecule has 1 aromatic rings. The van der Waals surface area contributed by atoms with Gasteiger partial charge in [-0.1, -0.05) is 23.2 Å². The van der Waals surface area contributed by atoms with Gasteiger partial charge in [0.05, 0.1) is 18.2 Å². The molecule has 16 heavy (non-hydrogen) atoms. The van der Waals surface area contributed by atoms with E-state index in [9.17, 15) is 13.2 Å². The van der Waals surface area contributed by atoms with Crippen molar-refractivity contribution in [3.63, 3.8) is 0 Å². The van der Waals surface area contributed by atoms with E-state index in [1.807, 2.05) is 0 Å². The first kappa shape index (κ1) is 13.6. The fourth-order valence-corrected chi connectivity index (χ4v) is 1.96. The second-order valence-electron chi connectivity index (χ2n) is 3.14. The van der Waals surface area contributed by atoms with Gasteiger partial charge in [-0.2, -0.15) is 13.2 Å². The summed E-state index contributed by atoms with van der Waals surface area (Å²) < 4.78 is 37.1. The Morgan fingerprint density at radius 1 is 1.25 bits per heavy atom. The molecule has 1 atom stereocenters. The Balaban J connectivity index is 3.28. The van der Waals surface area contributed by atoms with Gasteiger partial charge in [-0.3, -0.25) is 0 Å². The zero-order valence-corrected chi connectivity index (χ0v) is 9.37. The summed E-state index contributed by atoms with van der Waals surface area (Å²) in [6, 6.07) is 0.568. The van der Waals surface area contributed by atoms with Gasteiger partial charge in [-0.05, 0) is 12.1 Å². The number of benzene rings is 1. The minimum Gasteiger partial charge on any atom is -0.394 e. The normalized spacial score (nSPS) is 13.9. The van der Waals surface area contributed by atoms with Gasteiger partial charge in [0.1, 0.15) is 0 Å². The van der Waals surface area contributed by atoms with Crippen molar-refractivity contribution in [1.82, 2.24) is 0 Å². The molecule has 0 aliphatic carbocycles. The zero-order valence-electron chi connectivity index (χ0n) is 7.85. The zero-order chi connectivity index (χ0) is 12.5. The average Bonchev–Trinajstić information content (AvgIpc) is 2.14. The van der Waals surface area contributed by atoms with Crippen LogP contribution in [0.2, 0.25) is 10.0 Å². The van der Waals surface area contributed by atoms with Crippen LogP contribution in [0.25, 0.3) is 0 Å². The van der Waals surface area contributed by atoms with Gasteiger partial charge in [0.15, 0.2) is 0 Å². The molecule has 0 saturated carbocycles. The highest BCUT2D eigenvalue weighted by atomic mass is 35.5. The van der Waals surface area contributed by atoms with Crippen LogP contribution in [-0.4, -0.2) is 11.7 Å². The molecule has 2 nitrogen and oxygen atoms in total. The first-order chi connectivity index (χ1) is 7.27. The molecule has 0 radical (unpaired) electrons. The lowest BCUT2D eigenvalue weighted by Crippen LogP contribution is -2.16. The SMILES string of the molecule is N[C@@H](CO)c1c(Cl)cc(C(F)(F)F)cc1Cl.